The smallest absolute Gasteiger partial charge is 0.0430 e. The molecule has 1 aromatic carbocycles. The first-order chi connectivity index (χ1) is 8.19. The lowest BCUT2D eigenvalue weighted by molar-refractivity contribution is 0.254. The molecule has 0 atom stereocenters. The molecule has 1 saturated heterocycles. The molecule has 92 valence electrons. The van der Waals surface area contributed by atoms with Crippen LogP contribution in [0.3, 0.4) is 0 Å². The van der Waals surface area contributed by atoms with Crippen LogP contribution < -0.4 is 10.6 Å². The SMILES string of the molecule is Cc1ccc(N2CCCC2)c(C2(N)CCC2)c1. The molecular weight excluding hydrogens is 208 g/mol. The molecule has 2 heteroatoms. The van der Waals surface area contributed by atoms with Crippen LogP contribution >= 0.6 is 0 Å². The van der Waals surface area contributed by atoms with Gasteiger partial charge in [-0.15, -0.1) is 0 Å². The Morgan fingerprint density at radius 3 is 2.41 bits per heavy atom. The second kappa shape index (κ2) is 4.02. The van der Waals surface area contributed by atoms with E-state index in [1.165, 1.54) is 49.2 Å². The van der Waals surface area contributed by atoms with Crippen LogP contribution in [-0.4, -0.2) is 13.1 Å². The Bertz CT molecular complexity index is 415. The van der Waals surface area contributed by atoms with Gasteiger partial charge in [0.25, 0.3) is 0 Å². The zero-order valence-corrected chi connectivity index (χ0v) is 10.7. The van der Waals surface area contributed by atoms with Gasteiger partial charge >= 0.3 is 0 Å². The lowest BCUT2D eigenvalue weighted by atomic mass is 9.71. The zero-order chi connectivity index (χ0) is 11.9. The highest BCUT2D eigenvalue weighted by Gasteiger charge is 2.37. The quantitative estimate of drug-likeness (QED) is 0.846. The summed E-state index contributed by atoms with van der Waals surface area (Å²) in [6.45, 7) is 4.57. The third-order valence-corrected chi connectivity index (χ3v) is 4.38. The summed E-state index contributed by atoms with van der Waals surface area (Å²) in [6.07, 6.45) is 6.23. The van der Waals surface area contributed by atoms with Gasteiger partial charge in [-0.1, -0.05) is 17.7 Å². The lowest BCUT2D eigenvalue weighted by Crippen LogP contribution is -2.44. The number of aryl methyl sites for hydroxylation is 1. The summed E-state index contributed by atoms with van der Waals surface area (Å²) in [5.74, 6) is 0. The second-order valence-corrected chi connectivity index (χ2v) is 5.72. The summed E-state index contributed by atoms with van der Waals surface area (Å²) in [7, 11) is 0. The summed E-state index contributed by atoms with van der Waals surface area (Å²) in [5.41, 5.74) is 10.6. The van der Waals surface area contributed by atoms with Gasteiger partial charge in [0.2, 0.25) is 0 Å². The molecule has 1 aromatic rings. The van der Waals surface area contributed by atoms with Gasteiger partial charge in [0.05, 0.1) is 0 Å². The monoisotopic (exact) mass is 230 g/mol. The molecule has 2 aliphatic rings. The second-order valence-electron chi connectivity index (χ2n) is 5.72. The van der Waals surface area contributed by atoms with E-state index in [-0.39, 0.29) is 5.54 Å². The molecule has 0 bridgehead atoms. The highest BCUT2D eigenvalue weighted by Crippen LogP contribution is 2.43. The number of hydrogen-bond acceptors (Lipinski definition) is 2. The fourth-order valence-electron chi connectivity index (χ4n) is 3.11. The van der Waals surface area contributed by atoms with E-state index >= 15 is 0 Å². The molecule has 0 aromatic heterocycles. The number of benzene rings is 1. The Morgan fingerprint density at radius 1 is 1.12 bits per heavy atom. The third kappa shape index (κ3) is 1.85. The van der Waals surface area contributed by atoms with Crippen molar-refractivity contribution in [2.45, 2.75) is 44.6 Å². The van der Waals surface area contributed by atoms with Gasteiger partial charge < -0.3 is 10.6 Å². The van der Waals surface area contributed by atoms with Crippen molar-refractivity contribution >= 4 is 5.69 Å². The standard InChI is InChI=1S/C15H22N2/c1-12-5-6-14(17-9-2-3-10-17)13(11-12)15(16)7-4-8-15/h5-6,11H,2-4,7-10,16H2,1H3. The van der Waals surface area contributed by atoms with Crippen molar-refractivity contribution in [3.05, 3.63) is 29.3 Å². The van der Waals surface area contributed by atoms with Gasteiger partial charge in [0.1, 0.15) is 0 Å². The highest BCUT2D eigenvalue weighted by atomic mass is 15.1. The van der Waals surface area contributed by atoms with Crippen molar-refractivity contribution in [1.82, 2.24) is 0 Å². The van der Waals surface area contributed by atoms with Gasteiger partial charge in [0, 0.05) is 24.3 Å². The molecule has 0 unspecified atom stereocenters. The normalized spacial score (nSPS) is 22.6. The highest BCUT2D eigenvalue weighted by molar-refractivity contribution is 5.59. The van der Waals surface area contributed by atoms with Crippen LogP contribution in [0.15, 0.2) is 18.2 Å². The summed E-state index contributed by atoms with van der Waals surface area (Å²) in [6, 6.07) is 6.81. The van der Waals surface area contributed by atoms with Crippen LogP contribution in [0.4, 0.5) is 5.69 Å². The molecule has 0 amide bonds. The summed E-state index contributed by atoms with van der Waals surface area (Å²) in [4.78, 5) is 2.52. The van der Waals surface area contributed by atoms with Crippen molar-refractivity contribution in [1.29, 1.82) is 0 Å². The van der Waals surface area contributed by atoms with Crippen molar-refractivity contribution in [2.24, 2.45) is 5.73 Å². The number of nitrogens with zero attached hydrogens (tertiary/aromatic N) is 1. The van der Waals surface area contributed by atoms with Crippen LogP contribution in [0.2, 0.25) is 0 Å². The Morgan fingerprint density at radius 2 is 1.82 bits per heavy atom. The minimum absolute atomic E-state index is 0.0378. The fraction of sp³-hybridized carbons (Fsp3) is 0.600. The number of anilines is 1. The van der Waals surface area contributed by atoms with Crippen molar-refractivity contribution < 1.29 is 0 Å². The van der Waals surface area contributed by atoms with Gasteiger partial charge in [0.15, 0.2) is 0 Å². The largest absolute Gasteiger partial charge is 0.371 e. The maximum atomic E-state index is 6.53. The van der Waals surface area contributed by atoms with Gasteiger partial charge in [-0.05, 0) is 50.7 Å². The zero-order valence-electron chi connectivity index (χ0n) is 10.7. The summed E-state index contributed by atoms with van der Waals surface area (Å²) >= 11 is 0. The average Bonchev–Trinajstić information content (AvgIpc) is 2.79. The molecule has 2 N–H and O–H groups in total. The molecule has 3 rings (SSSR count). The van der Waals surface area contributed by atoms with Gasteiger partial charge in [-0.2, -0.15) is 0 Å². The van der Waals surface area contributed by atoms with Crippen LogP contribution in [0.25, 0.3) is 0 Å². The van der Waals surface area contributed by atoms with Crippen LogP contribution in [0.5, 0.6) is 0 Å². The van der Waals surface area contributed by atoms with E-state index in [4.69, 9.17) is 5.73 Å². The molecule has 2 fully saturated rings. The van der Waals surface area contributed by atoms with Gasteiger partial charge in [-0.3, -0.25) is 0 Å². The predicted octanol–water partition coefficient (Wildman–Crippen LogP) is 2.93. The number of rotatable bonds is 2. The first-order valence-electron chi connectivity index (χ1n) is 6.84. The lowest BCUT2D eigenvalue weighted by Gasteiger charge is -2.41. The maximum Gasteiger partial charge on any atom is 0.0430 e. The molecular formula is C15H22N2. The minimum Gasteiger partial charge on any atom is -0.371 e. The molecule has 0 spiro atoms. The van der Waals surface area contributed by atoms with Crippen molar-refractivity contribution in [3.63, 3.8) is 0 Å². The molecule has 1 aliphatic heterocycles. The number of nitrogens with two attached hydrogens (primary N) is 1. The van der Waals surface area contributed by atoms with Gasteiger partial charge in [-0.25, -0.2) is 0 Å². The van der Waals surface area contributed by atoms with Crippen LogP contribution in [0, 0.1) is 6.92 Å². The average molecular weight is 230 g/mol. The summed E-state index contributed by atoms with van der Waals surface area (Å²) in [5, 5.41) is 0. The Balaban J connectivity index is 2.01. The molecule has 1 aliphatic carbocycles. The van der Waals surface area contributed by atoms with E-state index in [2.05, 4.69) is 30.0 Å². The molecule has 0 radical (unpaired) electrons. The van der Waals surface area contributed by atoms with E-state index in [0.29, 0.717) is 0 Å². The maximum absolute atomic E-state index is 6.53. The van der Waals surface area contributed by atoms with E-state index in [0.717, 1.165) is 12.8 Å². The molecule has 1 saturated carbocycles. The van der Waals surface area contributed by atoms with Crippen molar-refractivity contribution in [2.75, 3.05) is 18.0 Å². The Hall–Kier alpha value is -1.02. The van der Waals surface area contributed by atoms with E-state index in [1.54, 1.807) is 0 Å². The predicted molar refractivity (Wildman–Crippen MR) is 72.3 cm³/mol. The molecule has 17 heavy (non-hydrogen) atoms. The summed E-state index contributed by atoms with van der Waals surface area (Å²) < 4.78 is 0. The van der Waals surface area contributed by atoms with Crippen molar-refractivity contribution in [3.8, 4) is 0 Å². The van der Waals surface area contributed by atoms with E-state index < -0.39 is 0 Å². The fourth-order valence-corrected chi connectivity index (χ4v) is 3.11. The molecule has 1 heterocycles. The number of hydrogen-bond donors (Lipinski definition) is 1. The Kier molecular flexibility index (Phi) is 2.62. The Labute approximate surface area is 104 Å². The van der Waals surface area contributed by atoms with E-state index in [9.17, 15) is 0 Å². The first kappa shape index (κ1) is 11.1. The van der Waals surface area contributed by atoms with Crippen LogP contribution in [-0.2, 0) is 5.54 Å². The topological polar surface area (TPSA) is 29.3 Å². The first-order valence-corrected chi connectivity index (χ1v) is 6.84. The van der Waals surface area contributed by atoms with Crippen LogP contribution in [0.1, 0.15) is 43.2 Å². The minimum atomic E-state index is -0.0378. The van der Waals surface area contributed by atoms with E-state index in [1.807, 2.05) is 0 Å². The third-order valence-electron chi connectivity index (χ3n) is 4.38. The molecule has 2 nitrogen and oxygen atoms in total.